The van der Waals surface area contributed by atoms with Gasteiger partial charge in [0, 0.05) is 12.7 Å². The van der Waals surface area contributed by atoms with E-state index in [0.717, 1.165) is 0 Å². The van der Waals surface area contributed by atoms with Gasteiger partial charge in [-0.15, -0.1) is 0 Å². The van der Waals surface area contributed by atoms with Crippen LogP contribution in [0.25, 0.3) is 0 Å². The monoisotopic (exact) mass is 376 g/mol. The number of pyridine rings is 1. The van der Waals surface area contributed by atoms with Gasteiger partial charge in [-0.3, -0.25) is 9.59 Å². The number of carboxylic acid groups (broad SMARTS) is 1. The first-order valence-electron chi connectivity index (χ1n) is 6.13. The average molecular weight is 377 g/mol. The minimum atomic E-state index is -3.31. The zero-order valence-electron chi connectivity index (χ0n) is 10.9. The normalized spacial score (nSPS) is 21.0. The van der Waals surface area contributed by atoms with Crippen molar-refractivity contribution in [2.24, 2.45) is 0 Å². The fourth-order valence-corrected chi connectivity index (χ4v) is 3.95. The van der Waals surface area contributed by atoms with Crippen molar-refractivity contribution in [1.82, 2.24) is 9.88 Å². The highest BCUT2D eigenvalue weighted by atomic mass is 79.9. The summed E-state index contributed by atoms with van der Waals surface area (Å²) < 4.78 is 23.9. The molecule has 2 rings (SSSR count). The van der Waals surface area contributed by atoms with E-state index in [-0.39, 0.29) is 18.1 Å². The van der Waals surface area contributed by atoms with Crippen LogP contribution in [0.15, 0.2) is 22.9 Å². The van der Waals surface area contributed by atoms with Crippen LogP contribution in [-0.2, 0) is 14.6 Å². The molecule has 1 aromatic heterocycles. The van der Waals surface area contributed by atoms with Crippen LogP contribution in [-0.4, -0.2) is 59.4 Å². The van der Waals surface area contributed by atoms with Crippen molar-refractivity contribution in [3.8, 4) is 0 Å². The number of sulfone groups is 1. The molecule has 0 saturated carbocycles. The molecule has 9 heteroatoms. The largest absolute Gasteiger partial charge is 0.481 e. The quantitative estimate of drug-likeness (QED) is 0.772. The molecule has 1 aromatic rings. The summed E-state index contributed by atoms with van der Waals surface area (Å²) in [6, 6.07) is 2.30. The van der Waals surface area contributed by atoms with Crippen molar-refractivity contribution >= 4 is 37.6 Å². The van der Waals surface area contributed by atoms with Gasteiger partial charge in [0.15, 0.2) is 9.84 Å². The molecule has 1 fully saturated rings. The molecular weight excluding hydrogens is 364 g/mol. The number of nitrogens with zero attached hydrogens (tertiary/aromatic N) is 2. The van der Waals surface area contributed by atoms with E-state index in [9.17, 15) is 18.0 Å². The zero-order chi connectivity index (χ0) is 15.6. The Morgan fingerprint density at radius 3 is 2.71 bits per heavy atom. The molecule has 1 unspecified atom stereocenters. The summed E-state index contributed by atoms with van der Waals surface area (Å²) in [4.78, 5) is 28.5. The highest BCUT2D eigenvalue weighted by Gasteiger charge is 2.35. The van der Waals surface area contributed by atoms with Crippen molar-refractivity contribution in [2.75, 3.05) is 18.1 Å². The minimum Gasteiger partial charge on any atom is -0.481 e. The molecule has 1 atom stereocenters. The topological polar surface area (TPSA) is 105 Å². The molecule has 1 saturated heterocycles. The minimum absolute atomic E-state index is 0.00478. The van der Waals surface area contributed by atoms with Gasteiger partial charge < -0.3 is 10.0 Å². The fraction of sp³-hybridized carbons (Fsp3) is 0.417. The Balaban J connectivity index is 2.24. The maximum atomic E-state index is 12.4. The number of aliphatic carboxylic acids is 1. The molecule has 1 N–H and O–H groups in total. The number of hydrogen-bond acceptors (Lipinski definition) is 5. The lowest BCUT2D eigenvalue weighted by atomic mass is 10.1. The number of carboxylic acids is 1. The molecule has 0 aromatic carbocycles. The zero-order valence-corrected chi connectivity index (χ0v) is 13.3. The lowest BCUT2D eigenvalue weighted by Crippen LogP contribution is -2.52. The molecule has 0 bridgehead atoms. The third kappa shape index (κ3) is 4.01. The number of hydrogen-bond donors (Lipinski definition) is 1. The summed E-state index contributed by atoms with van der Waals surface area (Å²) >= 11 is 3.16. The second-order valence-corrected chi connectivity index (χ2v) is 7.78. The predicted molar refractivity (Wildman–Crippen MR) is 77.7 cm³/mol. The number of carbonyl (C=O) groups is 2. The third-order valence-corrected chi connectivity index (χ3v) is 5.34. The van der Waals surface area contributed by atoms with Gasteiger partial charge >= 0.3 is 5.97 Å². The second-order valence-electron chi connectivity index (χ2n) is 4.73. The molecule has 2 heterocycles. The van der Waals surface area contributed by atoms with Crippen molar-refractivity contribution < 1.29 is 23.1 Å². The van der Waals surface area contributed by atoms with Gasteiger partial charge in [-0.2, -0.15) is 0 Å². The third-order valence-electron chi connectivity index (χ3n) is 3.18. The van der Waals surface area contributed by atoms with Crippen LogP contribution in [0.1, 0.15) is 16.8 Å². The van der Waals surface area contributed by atoms with E-state index in [4.69, 9.17) is 5.11 Å². The molecule has 1 aliphatic heterocycles. The highest BCUT2D eigenvalue weighted by molar-refractivity contribution is 9.10. The Labute approximate surface area is 130 Å². The van der Waals surface area contributed by atoms with Crippen LogP contribution in [0.4, 0.5) is 0 Å². The lowest BCUT2D eigenvalue weighted by Gasteiger charge is -2.34. The van der Waals surface area contributed by atoms with Gasteiger partial charge in [-0.1, -0.05) is 0 Å². The molecule has 0 spiro atoms. The number of amides is 1. The number of halogens is 1. The molecular formula is C12H13BrN2O5S. The molecule has 7 nitrogen and oxygen atoms in total. The SMILES string of the molecule is O=C(O)CC1CS(=O)(=O)CCN1C(=O)c1ccc(Br)nc1. The van der Waals surface area contributed by atoms with Crippen LogP contribution >= 0.6 is 15.9 Å². The Kier molecular flexibility index (Phi) is 4.62. The van der Waals surface area contributed by atoms with Crippen LogP contribution in [0.3, 0.4) is 0 Å². The predicted octanol–water partition coefficient (Wildman–Crippen LogP) is 0.558. The molecule has 0 radical (unpaired) electrons. The van der Waals surface area contributed by atoms with E-state index >= 15 is 0 Å². The van der Waals surface area contributed by atoms with E-state index in [1.54, 1.807) is 12.1 Å². The van der Waals surface area contributed by atoms with Gasteiger partial charge in [0.1, 0.15) is 4.60 Å². The molecule has 1 aliphatic rings. The Morgan fingerprint density at radius 1 is 1.43 bits per heavy atom. The van der Waals surface area contributed by atoms with E-state index in [0.29, 0.717) is 10.2 Å². The van der Waals surface area contributed by atoms with E-state index in [2.05, 4.69) is 20.9 Å². The molecule has 1 amide bonds. The lowest BCUT2D eigenvalue weighted by molar-refractivity contribution is -0.138. The number of carbonyl (C=O) groups excluding carboxylic acids is 1. The van der Waals surface area contributed by atoms with Gasteiger partial charge in [-0.05, 0) is 28.1 Å². The van der Waals surface area contributed by atoms with Crippen molar-refractivity contribution in [2.45, 2.75) is 12.5 Å². The maximum Gasteiger partial charge on any atom is 0.305 e. The second kappa shape index (κ2) is 6.10. The van der Waals surface area contributed by atoms with Crippen LogP contribution in [0.5, 0.6) is 0 Å². The van der Waals surface area contributed by atoms with Crippen LogP contribution < -0.4 is 0 Å². The van der Waals surface area contributed by atoms with E-state index < -0.39 is 34.2 Å². The molecule has 114 valence electrons. The highest BCUT2D eigenvalue weighted by Crippen LogP contribution is 2.18. The van der Waals surface area contributed by atoms with Gasteiger partial charge in [0.25, 0.3) is 5.91 Å². The fourth-order valence-electron chi connectivity index (χ4n) is 2.19. The summed E-state index contributed by atoms with van der Waals surface area (Å²) in [7, 11) is -3.31. The summed E-state index contributed by atoms with van der Waals surface area (Å²) in [5.74, 6) is -2.02. The first kappa shape index (κ1) is 15.9. The number of rotatable bonds is 3. The van der Waals surface area contributed by atoms with Crippen LogP contribution in [0, 0.1) is 0 Å². The van der Waals surface area contributed by atoms with E-state index in [1.807, 2.05) is 0 Å². The Hall–Kier alpha value is -1.48. The first-order valence-corrected chi connectivity index (χ1v) is 8.75. The first-order chi connectivity index (χ1) is 9.78. The van der Waals surface area contributed by atoms with E-state index in [1.165, 1.54) is 11.1 Å². The van der Waals surface area contributed by atoms with Gasteiger partial charge in [0.05, 0.1) is 29.5 Å². The molecule has 0 aliphatic carbocycles. The van der Waals surface area contributed by atoms with Crippen molar-refractivity contribution in [1.29, 1.82) is 0 Å². The summed E-state index contributed by atoms with van der Waals surface area (Å²) in [5.41, 5.74) is 0.299. The average Bonchev–Trinajstić information content (AvgIpc) is 2.37. The maximum absolute atomic E-state index is 12.4. The smallest absolute Gasteiger partial charge is 0.305 e. The van der Waals surface area contributed by atoms with Crippen molar-refractivity contribution in [3.63, 3.8) is 0 Å². The number of aromatic nitrogens is 1. The Bertz CT molecular complexity index is 659. The summed E-state index contributed by atoms with van der Waals surface area (Å²) in [5, 5.41) is 8.89. The standard InChI is InChI=1S/C12H13BrN2O5S/c13-10-2-1-8(6-14-10)12(18)15-3-4-21(19,20)7-9(15)5-11(16)17/h1-2,6,9H,3-5,7H2,(H,16,17). The van der Waals surface area contributed by atoms with Gasteiger partial charge in [-0.25, -0.2) is 13.4 Å². The molecule has 21 heavy (non-hydrogen) atoms. The van der Waals surface area contributed by atoms with Crippen molar-refractivity contribution in [3.05, 3.63) is 28.5 Å². The Morgan fingerprint density at radius 2 is 2.14 bits per heavy atom. The van der Waals surface area contributed by atoms with Gasteiger partial charge in [0.2, 0.25) is 0 Å². The summed E-state index contributed by atoms with van der Waals surface area (Å²) in [6.07, 6.45) is 0.974. The summed E-state index contributed by atoms with van der Waals surface area (Å²) in [6.45, 7) is -0.00478. The van der Waals surface area contributed by atoms with Crippen LogP contribution in [0.2, 0.25) is 0 Å².